The Bertz CT molecular complexity index is 870. The largest absolute Gasteiger partial charge is 0.465 e. The van der Waals surface area contributed by atoms with Crippen LogP contribution in [0.3, 0.4) is 0 Å². The SMILES string of the molecule is CCOC(=O)CN(C(=O)[C@@H]1CC(=O)N(Cc2ccccc2)C1)c1ccc(F)cc1. The van der Waals surface area contributed by atoms with Crippen molar-refractivity contribution in [2.75, 3.05) is 24.6 Å². The maximum atomic E-state index is 13.3. The van der Waals surface area contributed by atoms with E-state index >= 15 is 0 Å². The number of rotatable bonds is 7. The molecule has 0 unspecified atom stereocenters. The summed E-state index contributed by atoms with van der Waals surface area (Å²) >= 11 is 0. The second kappa shape index (κ2) is 9.32. The first kappa shape index (κ1) is 20.5. The van der Waals surface area contributed by atoms with Crippen LogP contribution in [-0.4, -0.2) is 42.4 Å². The van der Waals surface area contributed by atoms with Gasteiger partial charge in [-0.25, -0.2) is 4.39 Å². The lowest BCUT2D eigenvalue weighted by atomic mass is 10.1. The topological polar surface area (TPSA) is 66.9 Å². The molecule has 2 aromatic rings. The Hall–Kier alpha value is -3.22. The Kier molecular flexibility index (Phi) is 6.59. The van der Waals surface area contributed by atoms with E-state index in [4.69, 9.17) is 4.74 Å². The second-order valence-corrected chi connectivity index (χ2v) is 6.87. The van der Waals surface area contributed by atoms with Crippen molar-refractivity contribution in [2.45, 2.75) is 19.9 Å². The lowest BCUT2D eigenvalue weighted by molar-refractivity contribution is -0.142. The van der Waals surface area contributed by atoms with Gasteiger partial charge in [-0.1, -0.05) is 30.3 Å². The van der Waals surface area contributed by atoms with Crippen LogP contribution in [0, 0.1) is 11.7 Å². The molecule has 2 aromatic carbocycles. The summed E-state index contributed by atoms with van der Waals surface area (Å²) < 4.78 is 18.3. The molecule has 0 radical (unpaired) electrons. The summed E-state index contributed by atoms with van der Waals surface area (Å²) in [5.41, 5.74) is 1.37. The van der Waals surface area contributed by atoms with Crippen molar-refractivity contribution in [2.24, 2.45) is 5.92 Å². The predicted octanol–water partition coefficient (Wildman–Crippen LogP) is 2.77. The maximum absolute atomic E-state index is 13.3. The van der Waals surface area contributed by atoms with Gasteiger partial charge in [0.15, 0.2) is 0 Å². The summed E-state index contributed by atoms with van der Waals surface area (Å²) in [4.78, 5) is 40.5. The standard InChI is InChI=1S/C22H23FN2O4/c1-2-29-21(27)15-25(19-10-8-18(23)9-11-19)22(28)17-12-20(26)24(14-17)13-16-6-4-3-5-7-16/h3-11,17H,2,12-15H2,1H3/t17-/m1/s1. The van der Waals surface area contributed by atoms with Crippen molar-refractivity contribution >= 4 is 23.5 Å². The zero-order valence-electron chi connectivity index (χ0n) is 16.2. The fourth-order valence-corrected chi connectivity index (χ4v) is 3.37. The molecule has 1 heterocycles. The number of ether oxygens (including phenoxy) is 1. The fraction of sp³-hybridized carbons (Fsp3) is 0.318. The first-order valence-electron chi connectivity index (χ1n) is 9.52. The molecule has 0 spiro atoms. The number of carbonyl (C=O) groups is 3. The van der Waals surface area contributed by atoms with Gasteiger partial charge < -0.3 is 14.5 Å². The van der Waals surface area contributed by atoms with Gasteiger partial charge in [0.2, 0.25) is 11.8 Å². The van der Waals surface area contributed by atoms with E-state index in [0.29, 0.717) is 12.2 Å². The minimum atomic E-state index is -0.578. The zero-order valence-corrected chi connectivity index (χ0v) is 16.2. The van der Waals surface area contributed by atoms with E-state index in [1.165, 1.54) is 29.2 Å². The third-order valence-electron chi connectivity index (χ3n) is 4.78. The van der Waals surface area contributed by atoms with Gasteiger partial charge >= 0.3 is 5.97 Å². The number of hydrogen-bond donors (Lipinski definition) is 0. The highest BCUT2D eigenvalue weighted by atomic mass is 19.1. The van der Waals surface area contributed by atoms with E-state index in [1.54, 1.807) is 11.8 Å². The van der Waals surface area contributed by atoms with Crippen molar-refractivity contribution in [3.63, 3.8) is 0 Å². The van der Waals surface area contributed by atoms with Crippen LogP contribution in [0.15, 0.2) is 54.6 Å². The van der Waals surface area contributed by atoms with E-state index in [0.717, 1.165) is 5.56 Å². The van der Waals surface area contributed by atoms with Gasteiger partial charge in [-0.05, 0) is 36.8 Å². The van der Waals surface area contributed by atoms with E-state index in [1.807, 2.05) is 30.3 Å². The van der Waals surface area contributed by atoms with Crippen molar-refractivity contribution in [1.29, 1.82) is 0 Å². The van der Waals surface area contributed by atoms with Gasteiger partial charge in [-0.3, -0.25) is 14.4 Å². The van der Waals surface area contributed by atoms with Crippen LogP contribution >= 0.6 is 0 Å². The minimum Gasteiger partial charge on any atom is -0.465 e. The molecule has 7 heteroatoms. The lowest BCUT2D eigenvalue weighted by Gasteiger charge is -2.25. The molecule has 29 heavy (non-hydrogen) atoms. The molecule has 1 fully saturated rings. The number of carbonyl (C=O) groups excluding carboxylic acids is 3. The number of nitrogens with zero attached hydrogens (tertiary/aromatic N) is 2. The smallest absolute Gasteiger partial charge is 0.326 e. The van der Waals surface area contributed by atoms with Crippen LogP contribution in [-0.2, 0) is 25.7 Å². The normalized spacial score (nSPS) is 16.0. The lowest BCUT2D eigenvalue weighted by Crippen LogP contribution is -2.41. The van der Waals surface area contributed by atoms with Crippen LogP contribution in [0.25, 0.3) is 0 Å². The summed E-state index contributed by atoms with van der Waals surface area (Å²) in [5, 5.41) is 0. The molecular weight excluding hydrogens is 375 g/mol. The highest BCUT2D eigenvalue weighted by molar-refractivity contribution is 6.01. The number of likely N-dealkylation sites (tertiary alicyclic amines) is 1. The highest BCUT2D eigenvalue weighted by Crippen LogP contribution is 2.25. The molecule has 2 amide bonds. The third kappa shape index (κ3) is 5.19. The second-order valence-electron chi connectivity index (χ2n) is 6.87. The Balaban J connectivity index is 1.75. The highest BCUT2D eigenvalue weighted by Gasteiger charge is 2.37. The van der Waals surface area contributed by atoms with Gasteiger partial charge in [-0.2, -0.15) is 0 Å². The number of halogens is 1. The van der Waals surface area contributed by atoms with E-state index in [2.05, 4.69) is 0 Å². The minimum absolute atomic E-state index is 0.0756. The van der Waals surface area contributed by atoms with Gasteiger partial charge in [0.05, 0.1) is 12.5 Å². The molecule has 152 valence electrons. The number of hydrogen-bond acceptors (Lipinski definition) is 4. The monoisotopic (exact) mass is 398 g/mol. The summed E-state index contributed by atoms with van der Waals surface area (Å²) in [6, 6.07) is 14.9. The summed E-state index contributed by atoms with van der Waals surface area (Å²) in [5.74, 6) is -2.04. The molecule has 3 rings (SSSR count). The number of amides is 2. The van der Waals surface area contributed by atoms with Crippen LogP contribution in [0.1, 0.15) is 18.9 Å². The van der Waals surface area contributed by atoms with Gasteiger partial charge in [0.25, 0.3) is 0 Å². The number of anilines is 1. The first-order chi connectivity index (χ1) is 14.0. The molecule has 1 atom stereocenters. The average Bonchev–Trinajstić information content (AvgIpc) is 3.08. The first-order valence-corrected chi connectivity index (χ1v) is 9.52. The molecule has 0 aliphatic carbocycles. The molecule has 0 bridgehead atoms. The summed E-state index contributed by atoms with van der Waals surface area (Å²) in [6.45, 7) is 2.28. The Morgan fingerprint density at radius 1 is 1.14 bits per heavy atom. The molecule has 1 aliphatic heterocycles. The Labute approximate surface area is 168 Å². The quantitative estimate of drug-likeness (QED) is 0.673. The molecule has 0 aromatic heterocycles. The molecule has 0 saturated carbocycles. The predicted molar refractivity (Wildman–Crippen MR) is 105 cm³/mol. The van der Waals surface area contributed by atoms with Gasteiger partial charge in [0, 0.05) is 25.2 Å². The maximum Gasteiger partial charge on any atom is 0.326 e. The number of benzene rings is 2. The van der Waals surface area contributed by atoms with Crippen LogP contribution < -0.4 is 4.90 Å². The summed E-state index contributed by atoms with van der Waals surface area (Å²) in [7, 11) is 0. The van der Waals surface area contributed by atoms with Gasteiger partial charge in [-0.15, -0.1) is 0 Å². The molecule has 0 N–H and O–H groups in total. The van der Waals surface area contributed by atoms with Crippen molar-refractivity contribution in [1.82, 2.24) is 4.90 Å². The average molecular weight is 398 g/mol. The molecular formula is C22H23FN2O4. The van der Waals surface area contributed by atoms with Gasteiger partial charge in [0.1, 0.15) is 12.4 Å². The van der Waals surface area contributed by atoms with Crippen LogP contribution in [0.2, 0.25) is 0 Å². The Morgan fingerprint density at radius 2 is 1.83 bits per heavy atom. The van der Waals surface area contributed by atoms with E-state index in [-0.39, 0.29) is 37.9 Å². The molecule has 1 saturated heterocycles. The number of esters is 1. The van der Waals surface area contributed by atoms with E-state index in [9.17, 15) is 18.8 Å². The summed E-state index contributed by atoms with van der Waals surface area (Å²) in [6.07, 6.45) is 0.0756. The Morgan fingerprint density at radius 3 is 2.48 bits per heavy atom. The van der Waals surface area contributed by atoms with Crippen molar-refractivity contribution < 1.29 is 23.5 Å². The fourth-order valence-electron chi connectivity index (χ4n) is 3.37. The third-order valence-corrected chi connectivity index (χ3v) is 4.78. The van der Waals surface area contributed by atoms with Crippen LogP contribution in [0.4, 0.5) is 10.1 Å². The van der Waals surface area contributed by atoms with Crippen molar-refractivity contribution in [3.8, 4) is 0 Å². The zero-order chi connectivity index (χ0) is 20.8. The molecule has 6 nitrogen and oxygen atoms in total. The molecule has 1 aliphatic rings. The van der Waals surface area contributed by atoms with Crippen LogP contribution in [0.5, 0.6) is 0 Å². The van der Waals surface area contributed by atoms with Crippen molar-refractivity contribution in [3.05, 3.63) is 66.0 Å². The van der Waals surface area contributed by atoms with E-state index < -0.39 is 17.7 Å².